The standard InChI is InChI=1S/C25H29N3O6S/c1-6-32-22(29)18-13-35-25(28-18)27-17-12-10-9-11-16(17)21-19(23(30)33-7-2)14(4)26-15(5)20(21)24(31)34-8-3/h9-13,19,21H,6-8H2,1-5H3,(H,27,28). The van der Waals surface area contributed by atoms with Crippen LogP contribution in [0.5, 0.6) is 0 Å². The molecule has 1 N–H and O–H groups in total. The number of esters is 3. The Balaban J connectivity index is 2.09. The number of anilines is 2. The van der Waals surface area contributed by atoms with Crippen LogP contribution in [0, 0.1) is 5.92 Å². The fourth-order valence-electron chi connectivity index (χ4n) is 4.01. The van der Waals surface area contributed by atoms with Gasteiger partial charge in [0.15, 0.2) is 10.8 Å². The van der Waals surface area contributed by atoms with E-state index in [1.807, 2.05) is 24.3 Å². The average molecular weight is 500 g/mol. The van der Waals surface area contributed by atoms with E-state index in [0.717, 1.165) is 0 Å². The highest BCUT2D eigenvalue weighted by Crippen LogP contribution is 2.43. The first-order valence-electron chi connectivity index (χ1n) is 11.4. The third-order valence-electron chi connectivity index (χ3n) is 5.39. The SMILES string of the molecule is CCOC(=O)C1=C(C)N=C(C)C(C(=O)OCC)C1c1ccccc1Nc1nc(C(=O)OCC)cs1. The highest BCUT2D eigenvalue weighted by atomic mass is 32.1. The first kappa shape index (κ1) is 26.1. The summed E-state index contributed by atoms with van der Waals surface area (Å²) in [6.07, 6.45) is 0. The van der Waals surface area contributed by atoms with E-state index in [9.17, 15) is 14.4 Å². The van der Waals surface area contributed by atoms with Crippen molar-refractivity contribution in [3.05, 3.63) is 52.2 Å². The first-order valence-corrected chi connectivity index (χ1v) is 12.3. The Kier molecular flexibility index (Phi) is 8.75. The summed E-state index contributed by atoms with van der Waals surface area (Å²) >= 11 is 1.24. The number of aromatic nitrogens is 1. The van der Waals surface area contributed by atoms with Crippen LogP contribution in [0.25, 0.3) is 0 Å². The van der Waals surface area contributed by atoms with Gasteiger partial charge >= 0.3 is 17.9 Å². The number of nitrogens with zero attached hydrogens (tertiary/aromatic N) is 2. The van der Waals surface area contributed by atoms with Crippen LogP contribution >= 0.6 is 11.3 Å². The maximum absolute atomic E-state index is 13.1. The molecule has 0 aliphatic carbocycles. The summed E-state index contributed by atoms with van der Waals surface area (Å²) in [5.74, 6) is -3.02. The molecule has 1 aliphatic rings. The Morgan fingerprint density at radius 3 is 2.31 bits per heavy atom. The lowest BCUT2D eigenvalue weighted by molar-refractivity contribution is -0.146. The summed E-state index contributed by atoms with van der Waals surface area (Å²) in [5, 5.41) is 5.31. The lowest BCUT2D eigenvalue weighted by Gasteiger charge is -2.32. The van der Waals surface area contributed by atoms with Crippen LogP contribution in [0.1, 0.15) is 56.6 Å². The van der Waals surface area contributed by atoms with Crippen LogP contribution in [0.2, 0.25) is 0 Å². The van der Waals surface area contributed by atoms with Crippen LogP contribution in [0.4, 0.5) is 10.8 Å². The number of ether oxygens (including phenoxy) is 3. The number of hydrogen-bond donors (Lipinski definition) is 1. The molecule has 3 rings (SSSR count). The van der Waals surface area contributed by atoms with Gasteiger partial charge in [0.05, 0.1) is 25.4 Å². The predicted octanol–water partition coefficient (Wildman–Crippen LogP) is 4.64. The second-order valence-corrected chi connectivity index (χ2v) is 8.51. The number of carbonyl (C=O) groups excluding carboxylic acids is 3. The third kappa shape index (κ3) is 5.76. The molecule has 0 saturated carbocycles. The molecular formula is C25H29N3O6S. The predicted molar refractivity (Wildman–Crippen MR) is 133 cm³/mol. The van der Waals surface area contributed by atoms with E-state index in [1.54, 1.807) is 40.0 Å². The van der Waals surface area contributed by atoms with Gasteiger partial charge in [-0.1, -0.05) is 18.2 Å². The molecule has 0 amide bonds. The number of nitrogens with one attached hydrogen (secondary N) is 1. The summed E-state index contributed by atoms with van der Waals surface area (Å²) in [6, 6.07) is 7.32. The zero-order valence-electron chi connectivity index (χ0n) is 20.4. The van der Waals surface area contributed by atoms with E-state index >= 15 is 0 Å². The van der Waals surface area contributed by atoms with Crippen molar-refractivity contribution in [2.45, 2.75) is 40.5 Å². The monoisotopic (exact) mass is 499 g/mol. The molecule has 10 heteroatoms. The topological polar surface area (TPSA) is 116 Å². The largest absolute Gasteiger partial charge is 0.465 e. The molecule has 0 spiro atoms. The first-order chi connectivity index (χ1) is 16.8. The van der Waals surface area contributed by atoms with Crippen molar-refractivity contribution < 1.29 is 28.6 Å². The molecule has 35 heavy (non-hydrogen) atoms. The molecule has 1 aromatic heterocycles. The number of thiazole rings is 1. The fraction of sp³-hybridized carbons (Fsp3) is 0.400. The van der Waals surface area contributed by atoms with E-state index in [1.165, 1.54) is 11.3 Å². The van der Waals surface area contributed by atoms with Gasteiger partial charge in [0.2, 0.25) is 0 Å². The van der Waals surface area contributed by atoms with Gasteiger partial charge in [0.25, 0.3) is 0 Å². The fourth-order valence-corrected chi connectivity index (χ4v) is 4.70. The van der Waals surface area contributed by atoms with Gasteiger partial charge < -0.3 is 19.5 Å². The number of benzene rings is 1. The van der Waals surface area contributed by atoms with E-state index in [-0.39, 0.29) is 25.5 Å². The summed E-state index contributed by atoms with van der Waals surface area (Å²) in [6.45, 7) is 9.30. The molecule has 1 aromatic carbocycles. The van der Waals surface area contributed by atoms with Crippen molar-refractivity contribution in [1.29, 1.82) is 0 Å². The van der Waals surface area contributed by atoms with Gasteiger partial charge in [-0.15, -0.1) is 11.3 Å². The Hall–Kier alpha value is -3.53. The van der Waals surface area contributed by atoms with Crippen molar-refractivity contribution in [2.75, 3.05) is 25.1 Å². The number of para-hydroxylation sites is 1. The van der Waals surface area contributed by atoms with Gasteiger partial charge in [-0.05, 0) is 46.2 Å². The lowest BCUT2D eigenvalue weighted by Crippen LogP contribution is -2.36. The van der Waals surface area contributed by atoms with E-state index in [4.69, 9.17) is 14.2 Å². The van der Waals surface area contributed by atoms with Crippen molar-refractivity contribution in [3.63, 3.8) is 0 Å². The molecule has 2 unspecified atom stereocenters. The van der Waals surface area contributed by atoms with Crippen molar-refractivity contribution in [3.8, 4) is 0 Å². The third-order valence-corrected chi connectivity index (χ3v) is 6.15. The smallest absolute Gasteiger partial charge is 0.357 e. The summed E-state index contributed by atoms with van der Waals surface area (Å²) in [5.41, 5.74) is 2.84. The number of hydrogen-bond acceptors (Lipinski definition) is 10. The highest BCUT2D eigenvalue weighted by Gasteiger charge is 2.43. The van der Waals surface area contributed by atoms with Crippen molar-refractivity contribution in [2.24, 2.45) is 10.9 Å². The molecule has 0 bridgehead atoms. The van der Waals surface area contributed by atoms with Gasteiger partial charge in [-0.25, -0.2) is 14.6 Å². The van der Waals surface area contributed by atoms with Crippen LogP contribution < -0.4 is 5.32 Å². The molecule has 1 aliphatic heterocycles. The minimum absolute atomic E-state index is 0.185. The second kappa shape index (κ2) is 11.7. The minimum atomic E-state index is -0.813. The van der Waals surface area contributed by atoms with Crippen LogP contribution in [0.3, 0.4) is 0 Å². The van der Waals surface area contributed by atoms with Crippen molar-refractivity contribution >= 4 is 45.8 Å². The number of rotatable bonds is 9. The number of allylic oxidation sites excluding steroid dienone is 1. The average Bonchev–Trinajstić information content (AvgIpc) is 3.28. The number of carbonyl (C=O) groups is 3. The Bertz CT molecular complexity index is 1170. The normalized spacial score (nSPS) is 17.5. The zero-order valence-corrected chi connectivity index (χ0v) is 21.2. The molecule has 2 aromatic rings. The van der Waals surface area contributed by atoms with Crippen LogP contribution in [0.15, 0.2) is 45.9 Å². The quantitative estimate of drug-likeness (QED) is 0.392. The van der Waals surface area contributed by atoms with Gasteiger partial charge in [0.1, 0.15) is 5.92 Å². The Morgan fingerprint density at radius 1 is 0.971 bits per heavy atom. The number of aliphatic imine (C=N–C) groups is 1. The second-order valence-electron chi connectivity index (χ2n) is 7.65. The lowest BCUT2D eigenvalue weighted by atomic mass is 9.75. The Morgan fingerprint density at radius 2 is 1.63 bits per heavy atom. The molecule has 0 saturated heterocycles. The van der Waals surface area contributed by atoms with Gasteiger partial charge in [-0.2, -0.15) is 0 Å². The van der Waals surface area contributed by atoms with Crippen molar-refractivity contribution in [1.82, 2.24) is 4.98 Å². The van der Waals surface area contributed by atoms with Gasteiger partial charge in [-0.3, -0.25) is 9.79 Å². The molecule has 2 atom stereocenters. The maximum Gasteiger partial charge on any atom is 0.357 e. The van der Waals surface area contributed by atoms with E-state index in [0.29, 0.717) is 33.4 Å². The maximum atomic E-state index is 13.1. The van der Waals surface area contributed by atoms with Crippen LogP contribution in [-0.4, -0.2) is 48.4 Å². The summed E-state index contributed by atoms with van der Waals surface area (Å²) in [7, 11) is 0. The molecule has 186 valence electrons. The summed E-state index contributed by atoms with van der Waals surface area (Å²) in [4.78, 5) is 47.0. The molecule has 9 nitrogen and oxygen atoms in total. The molecular weight excluding hydrogens is 470 g/mol. The van der Waals surface area contributed by atoms with E-state index in [2.05, 4.69) is 15.3 Å². The van der Waals surface area contributed by atoms with Gasteiger partial charge in [0, 0.05) is 28.4 Å². The molecule has 0 radical (unpaired) electrons. The minimum Gasteiger partial charge on any atom is -0.465 e. The van der Waals surface area contributed by atoms with Crippen LogP contribution in [-0.2, 0) is 23.8 Å². The van der Waals surface area contributed by atoms with E-state index < -0.39 is 29.7 Å². The summed E-state index contributed by atoms with van der Waals surface area (Å²) < 4.78 is 15.7. The molecule has 0 fully saturated rings. The highest BCUT2D eigenvalue weighted by molar-refractivity contribution is 7.14. The zero-order chi connectivity index (χ0) is 25.5. The Labute approximate surface area is 208 Å². The molecule has 2 heterocycles.